The predicted octanol–water partition coefficient (Wildman–Crippen LogP) is 3.84. The molecule has 0 radical (unpaired) electrons. The fraction of sp³-hybridized carbons (Fsp3) is 0.355. The van der Waals surface area contributed by atoms with Crippen molar-refractivity contribution in [3.05, 3.63) is 76.2 Å². The minimum Gasteiger partial charge on any atom is -0.495 e. The molecule has 0 aliphatic carbocycles. The second-order valence-corrected chi connectivity index (χ2v) is 10.9. The lowest BCUT2D eigenvalue weighted by Gasteiger charge is -2.36. The zero-order chi connectivity index (χ0) is 31.8. The molecule has 0 bridgehead atoms. The van der Waals surface area contributed by atoms with E-state index in [2.05, 4.69) is 31.7 Å². The maximum Gasteiger partial charge on any atom is 0.247 e. The number of aromatic nitrogens is 2. The maximum absolute atomic E-state index is 13.3. The van der Waals surface area contributed by atoms with E-state index < -0.39 is 0 Å². The molecule has 13 heteroatoms. The number of methoxy groups -OCH3 is 2. The summed E-state index contributed by atoms with van der Waals surface area (Å²) in [5, 5.41) is 12.6. The van der Waals surface area contributed by atoms with Gasteiger partial charge in [0.25, 0.3) is 0 Å². The molecule has 1 aromatic heterocycles. The Morgan fingerprint density at radius 2 is 1.75 bits per heavy atom. The summed E-state index contributed by atoms with van der Waals surface area (Å²) < 4.78 is 10.6. The number of carbonyl (C=O) groups excluding carboxylic acids is 2. The highest BCUT2D eigenvalue weighted by Gasteiger charge is 2.23. The summed E-state index contributed by atoms with van der Waals surface area (Å²) in [6, 6.07) is 9.22. The summed E-state index contributed by atoms with van der Waals surface area (Å²) in [6.07, 6.45) is 2.88. The van der Waals surface area contributed by atoms with Crippen molar-refractivity contribution in [3.8, 4) is 11.5 Å². The van der Waals surface area contributed by atoms with E-state index in [4.69, 9.17) is 32.7 Å². The Morgan fingerprint density at radius 3 is 2.36 bits per heavy atom. The minimum absolute atomic E-state index is 0.117. The molecule has 1 fully saturated rings. The van der Waals surface area contributed by atoms with Gasteiger partial charge in [0.1, 0.15) is 23.6 Å². The fourth-order valence-electron chi connectivity index (χ4n) is 4.94. The van der Waals surface area contributed by atoms with E-state index >= 15 is 0 Å². The number of aliphatic hydroxyl groups excluding tert-OH is 1. The molecule has 44 heavy (non-hydrogen) atoms. The number of hydrogen-bond acceptors (Lipinski definition) is 9. The topological polar surface area (TPSA) is 120 Å². The number of amides is 2. The van der Waals surface area contributed by atoms with Gasteiger partial charge in [0.2, 0.25) is 11.8 Å². The third kappa shape index (κ3) is 7.78. The van der Waals surface area contributed by atoms with Crippen molar-refractivity contribution in [2.75, 3.05) is 75.7 Å². The molecule has 1 aliphatic heterocycles. The van der Waals surface area contributed by atoms with E-state index in [0.29, 0.717) is 47.2 Å². The summed E-state index contributed by atoms with van der Waals surface area (Å²) >= 11 is 13.0. The smallest absolute Gasteiger partial charge is 0.247 e. The molecule has 0 unspecified atom stereocenters. The molecule has 0 spiro atoms. The summed E-state index contributed by atoms with van der Waals surface area (Å²) in [5.41, 5.74) is 3.49. The number of β-amino-alcohol motifs (C(OH)–C–C–N with tert-alkyl or cyclic N) is 1. The monoisotopic (exact) mass is 642 g/mol. The largest absolute Gasteiger partial charge is 0.495 e. The first-order chi connectivity index (χ1) is 21.2. The molecule has 0 atom stereocenters. The zero-order valence-corrected chi connectivity index (χ0v) is 26.5. The van der Waals surface area contributed by atoms with Gasteiger partial charge in [-0.2, -0.15) is 0 Å². The van der Waals surface area contributed by atoms with Gasteiger partial charge in [0, 0.05) is 75.3 Å². The number of anilines is 3. The van der Waals surface area contributed by atoms with Crippen molar-refractivity contribution in [2.24, 2.45) is 0 Å². The summed E-state index contributed by atoms with van der Waals surface area (Å²) in [7, 11) is 4.55. The number of piperazine rings is 1. The average Bonchev–Trinajstić information content (AvgIpc) is 3.04. The van der Waals surface area contributed by atoms with Crippen LogP contribution in [0.5, 0.6) is 11.5 Å². The zero-order valence-electron chi connectivity index (χ0n) is 25.0. The van der Waals surface area contributed by atoms with Crippen molar-refractivity contribution in [1.29, 1.82) is 0 Å². The molecule has 2 N–H and O–H groups in total. The Morgan fingerprint density at radius 1 is 1.07 bits per heavy atom. The lowest BCUT2D eigenvalue weighted by atomic mass is 10.0. The van der Waals surface area contributed by atoms with E-state index in [1.54, 1.807) is 19.2 Å². The van der Waals surface area contributed by atoms with E-state index in [1.807, 2.05) is 18.2 Å². The van der Waals surface area contributed by atoms with Crippen LogP contribution in [-0.2, 0) is 22.4 Å². The van der Waals surface area contributed by atoms with Crippen molar-refractivity contribution in [1.82, 2.24) is 14.9 Å². The third-order valence-electron chi connectivity index (χ3n) is 7.48. The molecule has 11 nitrogen and oxygen atoms in total. The molecule has 3 aromatic rings. The van der Waals surface area contributed by atoms with Crippen LogP contribution < -0.4 is 24.6 Å². The Labute approximate surface area is 267 Å². The number of benzene rings is 2. The normalized spacial score (nSPS) is 13.4. The second-order valence-electron chi connectivity index (χ2n) is 10.1. The van der Waals surface area contributed by atoms with Gasteiger partial charge < -0.3 is 24.8 Å². The quantitative estimate of drug-likeness (QED) is 0.284. The van der Waals surface area contributed by atoms with Crippen molar-refractivity contribution in [2.45, 2.75) is 12.8 Å². The van der Waals surface area contributed by atoms with Crippen LogP contribution in [0.25, 0.3) is 0 Å². The number of hydrogen-bond donors (Lipinski definition) is 2. The molecule has 2 amide bonds. The summed E-state index contributed by atoms with van der Waals surface area (Å²) in [5.74, 6) is 0.442. The van der Waals surface area contributed by atoms with Gasteiger partial charge in [-0.1, -0.05) is 35.8 Å². The number of halogens is 2. The average molecular weight is 644 g/mol. The van der Waals surface area contributed by atoms with Crippen molar-refractivity contribution in [3.63, 3.8) is 0 Å². The number of nitrogens with zero attached hydrogens (tertiary/aromatic N) is 5. The summed E-state index contributed by atoms with van der Waals surface area (Å²) in [6.45, 7) is 7.68. The number of ether oxygens (including phenoxy) is 2. The Hall–Kier alpha value is -3.90. The van der Waals surface area contributed by atoms with Gasteiger partial charge >= 0.3 is 0 Å². The standard InChI is InChI=1S/C31H36Cl2N6O5/c1-5-28(41)36-24-16-22(39-10-8-38(9-11-39)12-13-40)7-6-20(24)14-21-15-27(35-19-34-21)37(2)29(42)17-23-30(32)25(43-3)18-26(44-4)31(23)33/h5-7,15-16,18-19,40H,1,8-14,17H2,2-4H3,(H,36,41). The molecule has 4 rings (SSSR count). The van der Waals surface area contributed by atoms with Gasteiger partial charge in [-0.25, -0.2) is 9.97 Å². The SMILES string of the molecule is C=CC(=O)Nc1cc(N2CCN(CCO)CC2)ccc1Cc1cc(N(C)C(=O)Cc2c(Cl)c(OC)cc(OC)c2Cl)ncn1. The Bertz CT molecular complexity index is 1480. The Kier molecular flexibility index (Phi) is 11.4. The first-order valence-electron chi connectivity index (χ1n) is 14.0. The molecule has 0 saturated carbocycles. The highest BCUT2D eigenvalue weighted by molar-refractivity contribution is 6.38. The van der Waals surface area contributed by atoms with Crippen molar-refractivity contribution < 1.29 is 24.2 Å². The van der Waals surface area contributed by atoms with E-state index in [9.17, 15) is 14.7 Å². The van der Waals surface area contributed by atoms with Crippen LogP contribution in [-0.4, -0.2) is 92.4 Å². The molecule has 2 heterocycles. The number of rotatable bonds is 12. The van der Waals surface area contributed by atoms with Crippen LogP contribution >= 0.6 is 23.2 Å². The molecular weight excluding hydrogens is 607 g/mol. The lowest BCUT2D eigenvalue weighted by Crippen LogP contribution is -2.47. The van der Waals surface area contributed by atoms with E-state index in [1.165, 1.54) is 31.5 Å². The maximum atomic E-state index is 13.3. The molecule has 1 aliphatic rings. The molecule has 1 saturated heterocycles. The van der Waals surface area contributed by atoms with Gasteiger partial charge in [0.15, 0.2) is 0 Å². The summed E-state index contributed by atoms with van der Waals surface area (Å²) in [4.78, 5) is 40.2. The van der Waals surface area contributed by atoms with Crippen LogP contribution in [0, 0.1) is 0 Å². The van der Waals surface area contributed by atoms with E-state index in [-0.39, 0.29) is 34.9 Å². The van der Waals surface area contributed by atoms with Crippen LogP contribution in [0.2, 0.25) is 10.0 Å². The number of aliphatic hydroxyl groups is 1. The molecule has 234 valence electrons. The first-order valence-corrected chi connectivity index (χ1v) is 14.7. The van der Waals surface area contributed by atoms with Crippen molar-refractivity contribution >= 4 is 52.2 Å². The van der Waals surface area contributed by atoms with Gasteiger partial charge in [-0.15, -0.1) is 0 Å². The van der Waals surface area contributed by atoms with Crippen LogP contribution in [0.3, 0.4) is 0 Å². The van der Waals surface area contributed by atoms with Gasteiger partial charge in [-0.05, 0) is 23.8 Å². The number of nitrogens with one attached hydrogen (secondary N) is 1. The second kappa shape index (κ2) is 15.2. The highest BCUT2D eigenvalue weighted by atomic mass is 35.5. The molecular formula is C31H36Cl2N6O5. The van der Waals surface area contributed by atoms with Crippen LogP contribution in [0.1, 0.15) is 16.8 Å². The fourth-order valence-corrected chi connectivity index (χ4v) is 5.57. The Balaban J connectivity index is 1.54. The minimum atomic E-state index is -0.323. The van der Waals surface area contributed by atoms with Gasteiger partial charge in [0.05, 0.1) is 43.0 Å². The number of carbonyl (C=O) groups is 2. The van der Waals surface area contributed by atoms with Crippen LogP contribution in [0.15, 0.2) is 49.3 Å². The first kappa shape index (κ1) is 33.0. The van der Waals surface area contributed by atoms with Crippen LogP contribution in [0.4, 0.5) is 17.2 Å². The third-order valence-corrected chi connectivity index (χ3v) is 8.31. The predicted molar refractivity (Wildman–Crippen MR) is 173 cm³/mol. The molecule has 2 aromatic carbocycles. The number of likely N-dealkylation sites (N-methyl/N-ethyl adjacent to an activating group) is 1. The highest BCUT2D eigenvalue weighted by Crippen LogP contribution is 2.40. The lowest BCUT2D eigenvalue weighted by molar-refractivity contribution is -0.117. The van der Waals surface area contributed by atoms with E-state index in [0.717, 1.165) is 37.4 Å². The van der Waals surface area contributed by atoms with Gasteiger partial charge in [-0.3, -0.25) is 19.4 Å².